The Morgan fingerprint density at radius 2 is 1.75 bits per heavy atom. The van der Waals surface area contributed by atoms with Crippen LogP contribution in [-0.2, 0) is 0 Å². The molecule has 0 saturated heterocycles. The lowest BCUT2D eigenvalue weighted by Gasteiger charge is -2.08. The minimum absolute atomic E-state index is 0.264. The first-order chi connectivity index (χ1) is 13.3. The summed E-state index contributed by atoms with van der Waals surface area (Å²) in [6, 6.07) is 9.30. The van der Waals surface area contributed by atoms with Crippen LogP contribution in [0.1, 0.15) is 33.2 Å². The van der Waals surface area contributed by atoms with E-state index in [4.69, 9.17) is 4.42 Å². The first-order valence-corrected chi connectivity index (χ1v) is 9.50. The van der Waals surface area contributed by atoms with E-state index in [1.807, 2.05) is 52.0 Å². The number of amides is 1. The zero-order chi connectivity index (χ0) is 20.0. The van der Waals surface area contributed by atoms with Crippen LogP contribution in [0.3, 0.4) is 0 Å². The van der Waals surface area contributed by atoms with Gasteiger partial charge in [0.1, 0.15) is 11.4 Å². The van der Waals surface area contributed by atoms with Gasteiger partial charge in [-0.25, -0.2) is 9.97 Å². The summed E-state index contributed by atoms with van der Waals surface area (Å²) < 4.78 is 8.24. The van der Waals surface area contributed by atoms with Gasteiger partial charge in [-0.15, -0.1) is 0 Å². The third-order valence-electron chi connectivity index (χ3n) is 4.34. The molecule has 3 aromatic heterocycles. The van der Waals surface area contributed by atoms with E-state index in [-0.39, 0.29) is 11.7 Å². The smallest absolute Gasteiger partial charge is 0.292 e. The fourth-order valence-corrected chi connectivity index (χ4v) is 3.49. The van der Waals surface area contributed by atoms with Gasteiger partial charge in [0.2, 0.25) is 0 Å². The number of halogens is 1. The number of hydrogen-bond donors (Lipinski definition) is 1. The van der Waals surface area contributed by atoms with Crippen molar-refractivity contribution in [2.24, 2.45) is 0 Å². The highest BCUT2D eigenvalue weighted by Crippen LogP contribution is 2.28. The van der Waals surface area contributed by atoms with E-state index in [1.165, 1.54) is 4.68 Å². The number of carbonyl (C=O) groups excluding carboxylic acids is 1. The number of aromatic nitrogens is 4. The molecule has 4 rings (SSSR count). The van der Waals surface area contributed by atoms with Crippen LogP contribution >= 0.6 is 15.9 Å². The fourth-order valence-electron chi connectivity index (χ4n) is 3.13. The standard InChI is InChI=1S/C20H18BrN5O2/c1-10-7-11(2)23-20(22-10)26-17(8-12(3)25-26)24-19(27)18-13(4)15-9-14(21)5-6-16(15)28-18/h5-9H,1-4H3,(H,24,27). The summed E-state index contributed by atoms with van der Waals surface area (Å²) in [7, 11) is 0. The topological polar surface area (TPSA) is 85.8 Å². The molecule has 0 fully saturated rings. The van der Waals surface area contributed by atoms with Crippen LogP contribution in [-0.4, -0.2) is 25.7 Å². The Labute approximate surface area is 169 Å². The number of nitrogens with one attached hydrogen (secondary N) is 1. The molecule has 0 spiro atoms. The second-order valence-corrected chi connectivity index (χ2v) is 7.60. The first kappa shape index (κ1) is 18.4. The van der Waals surface area contributed by atoms with Gasteiger partial charge in [0.25, 0.3) is 11.9 Å². The lowest BCUT2D eigenvalue weighted by molar-refractivity contribution is 0.0997. The molecule has 0 aliphatic rings. The number of aryl methyl sites for hydroxylation is 4. The van der Waals surface area contributed by atoms with Gasteiger partial charge in [0.15, 0.2) is 5.76 Å². The molecule has 0 radical (unpaired) electrons. The molecule has 0 aliphatic heterocycles. The minimum Gasteiger partial charge on any atom is -0.451 e. The normalized spacial score (nSPS) is 11.2. The Hall–Kier alpha value is -3.00. The molecule has 28 heavy (non-hydrogen) atoms. The Morgan fingerprint density at radius 1 is 1.04 bits per heavy atom. The lowest BCUT2D eigenvalue weighted by Crippen LogP contribution is -2.16. The van der Waals surface area contributed by atoms with E-state index in [2.05, 4.69) is 36.3 Å². The average Bonchev–Trinajstić information content (AvgIpc) is 3.14. The van der Waals surface area contributed by atoms with Crippen LogP contribution in [0.15, 0.2) is 39.2 Å². The Kier molecular flexibility index (Phi) is 4.50. The van der Waals surface area contributed by atoms with Gasteiger partial charge >= 0.3 is 0 Å². The van der Waals surface area contributed by atoms with E-state index in [0.29, 0.717) is 17.3 Å². The van der Waals surface area contributed by atoms with E-state index >= 15 is 0 Å². The van der Waals surface area contributed by atoms with E-state index in [9.17, 15) is 4.79 Å². The van der Waals surface area contributed by atoms with Crippen molar-refractivity contribution >= 4 is 38.6 Å². The quantitative estimate of drug-likeness (QED) is 0.501. The predicted octanol–water partition coefficient (Wildman–Crippen LogP) is 4.66. The van der Waals surface area contributed by atoms with Crippen LogP contribution in [0.2, 0.25) is 0 Å². The molecule has 1 aromatic carbocycles. The van der Waals surface area contributed by atoms with Gasteiger partial charge in [0, 0.05) is 32.9 Å². The van der Waals surface area contributed by atoms with E-state index in [0.717, 1.165) is 32.5 Å². The van der Waals surface area contributed by atoms with Crippen LogP contribution in [0.25, 0.3) is 16.9 Å². The maximum absolute atomic E-state index is 12.9. The van der Waals surface area contributed by atoms with Gasteiger partial charge in [-0.2, -0.15) is 9.78 Å². The zero-order valence-electron chi connectivity index (χ0n) is 15.9. The highest BCUT2D eigenvalue weighted by molar-refractivity contribution is 9.10. The fraction of sp³-hybridized carbons (Fsp3) is 0.200. The van der Waals surface area contributed by atoms with Crippen molar-refractivity contribution in [3.05, 3.63) is 63.2 Å². The Bertz CT molecular complexity index is 1200. The summed E-state index contributed by atoms with van der Waals surface area (Å²) in [5.74, 6) is 0.801. The van der Waals surface area contributed by atoms with Crippen LogP contribution in [0.5, 0.6) is 0 Å². The highest BCUT2D eigenvalue weighted by atomic mass is 79.9. The molecule has 0 aliphatic carbocycles. The van der Waals surface area contributed by atoms with Crippen LogP contribution in [0.4, 0.5) is 5.82 Å². The number of nitrogens with zero attached hydrogens (tertiary/aromatic N) is 4. The summed E-state index contributed by atoms with van der Waals surface area (Å²) in [6.45, 7) is 7.49. The van der Waals surface area contributed by atoms with Crippen molar-refractivity contribution in [2.45, 2.75) is 27.7 Å². The summed E-state index contributed by atoms with van der Waals surface area (Å²) in [4.78, 5) is 21.8. The first-order valence-electron chi connectivity index (χ1n) is 8.71. The van der Waals surface area contributed by atoms with Crippen LogP contribution < -0.4 is 5.32 Å². The van der Waals surface area contributed by atoms with Crippen LogP contribution in [0, 0.1) is 27.7 Å². The van der Waals surface area contributed by atoms with Gasteiger partial charge in [-0.1, -0.05) is 15.9 Å². The van der Waals surface area contributed by atoms with Gasteiger partial charge in [0.05, 0.1) is 5.69 Å². The molecule has 0 atom stereocenters. The molecule has 1 N–H and O–H groups in total. The Balaban J connectivity index is 1.72. The van der Waals surface area contributed by atoms with Crippen molar-refractivity contribution < 1.29 is 9.21 Å². The Morgan fingerprint density at radius 3 is 2.46 bits per heavy atom. The van der Waals surface area contributed by atoms with Crippen molar-refractivity contribution in [1.29, 1.82) is 0 Å². The molecule has 8 heteroatoms. The third-order valence-corrected chi connectivity index (χ3v) is 4.83. The number of furan rings is 1. The molecular formula is C20H18BrN5O2. The number of hydrogen-bond acceptors (Lipinski definition) is 5. The number of benzene rings is 1. The van der Waals surface area contributed by atoms with Crippen molar-refractivity contribution in [2.75, 3.05) is 5.32 Å². The van der Waals surface area contributed by atoms with Crippen molar-refractivity contribution in [3.63, 3.8) is 0 Å². The minimum atomic E-state index is -0.352. The van der Waals surface area contributed by atoms with Gasteiger partial charge < -0.3 is 9.73 Å². The molecule has 0 bridgehead atoms. The predicted molar refractivity (Wildman–Crippen MR) is 110 cm³/mol. The molecule has 142 valence electrons. The molecular weight excluding hydrogens is 422 g/mol. The van der Waals surface area contributed by atoms with E-state index in [1.54, 1.807) is 6.07 Å². The van der Waals surface area contributed by atoms with Gasteiger partial charge in [-0.3, -0.25) is 4.79 Å². The maximum Gasteiger partial charge on any atom is 0.292 e. The maximum atomic E-state index is 12.9. The number of anilines is 1. The summed E-state index contributed by atoms with van der Waals surface area (Å²) in [5, 5.41) is 8.19. The zero-order valence-corrected chi connectivity index (χ0v) is 17.5. The molecule has 0 unspecified atom stereocenters. The number of rotatable bonds is 3. The third kappa shape index (κ3) is 3.31. The number of carbonyl (C=O) groups is 1. The second-order valence-electron chi connectivity index (χ2n) is 6.68. The number of fused-ring (bicyclic) bond motifs is 1. The molecule has 1 amide bonds. The molecule has 3 heterocycles. The molecule has 7 nitrogen and oxygen atoms in total. The summed E-state index contributed by atoms with van der Waals surface area (Å²) in [6.07, 6.45) is 0. The van der Waals surface area contributed by atoms with Crippen molar-refractivity contribution in [3.8, 4) is 5.95 Å². The summed E-state index contributed by atoms with van der Waals surface area (Å²) >= 11 is 3.45. The second kappa shape index (κ2) is 6.87. The van der Waals surface area contributed by atoms with Crippen molar-refractivity contribution in [1.82, 2.24) is 19.7 Å². The lowest BCUT2D eigenvalue weighted by atomic mass is 10.1. The highest BCUT2D eigenvalue weighted by Gasteiger charge is 2.20. The molecule has 0 saturated carbocycles. The van der Waals surface area contributed by atoms with Gasteiger partial charge in [-0.05, 0) is 52.0 Å². The average molecular weight is 440 g/mol. The summed E-state index contributed by atoms with van der Waals surface area (Å²) in [5.41, 5.74) is 3.83. The largest absolute Gasteiger partial charge is 0.451 e. The SMILES string of the molecule is Cc1cc(C)nc(-n2nc(C)cc2NC(=O)c2oc3ccc(Br)cc3c2C)n1. The molecule has 4 aromatic rings. The monoisotopic (exact) mass is 439 g/mol. The van der Waals surface area contributed by atoms with E-state index < -0.39 is 0 Å².